The SMILES string of the molecule is C1=CC2C3C=CC(c4ccc5c(c4)c4cccc6c4n5-c4ccccc4O6)=CC3C(c3cc(-c4ccccc4)cc(-c4ccccc4)n3)C2C=C1. The highest BCUT2D eigenvalue weighted by atomic mass is 16.5. The van der Waals surface area contributed by atoms with E-state index >= 15 is 0 Å². The van der Waals surface area contributed by atoms with Crippen LogP contribution in [0.3, 0.4) is 0 Å². The van der Waals surface area contributed by atoms with Gasteiger partial charge in [0, 0.05) is 27.9 Å². The van der Waals surface area contributed by atoms with Crippen molar-refractivity contribution in [1.82, 2.24) is 9.55 Å². The van der Waals surface area contributed by atoms with E-state index < -0.39 is 0 Å². The van der Waals surface area contributed by atoms with Crippen LogP contribution in [0.15, 0.2) is 176 Å². The molecule has 5 unspecified atom stereocenters. The third-order valence-electron chi connectivity index (χ3n) is 11.6. The van der Waals surface area contributed by atoms with Crippen LogP contribution in [-0.4, -0.2) is 9.55 Å². The number of nitrogens with zero attached hydrogens (tertiary/aromatic N) is 2. The first-order valence-corrected chi connectivity index (χ1v) is 18.0. The molecule has 2 aromatic heterocycles. The molecule has 1 aliphatic heterocycles. The molecule has 3 aliphatic carbocycles. The summed E-state index contributed by atoms with van der Waals surface area (Å²) in [5, 5.41) is 2.46. The normalized spacial score (nSPS) is 22.4. The van der Waals surface area contributed by atoms with E-state index in [9.17, 15) is 0 Å². The van der Waals surface area contributed by atoms with E-state index in [0.29, 0.717) is 23.7 Å². The summed E-state index contributed by atoms with van der Waals surface area (Å²) in [4.78, 5) is 5.48. The van der Waals surface area contributed by atoms with Crippen molar-refractivity contribution < 1.29 is 4.74 Å². The van der Waals surface area contributed by atoms with E-state index in [1.165, 1.54) is 44.2 Å². The summed E-state index contributed by atoms with van der Waals surface area (Å²) in [7, 11) is 0. The van der Waals surface area contributed by atoms with Gasteiger partial charge >= 0.3 is 0 Å². The average Bonchev–Trinajstić information content (AvgIpc) is 3.72. The predicted molar refractivity (Wildman–Crippen MR) is 208 cm³/mol. The molecule has 0 spiro atoms. The zero-order valence-electron chi connectivity index (χ0n) is 27.9. The Bertz CT molecular complexity index is 2580. The topological polar surface area (TPSA) is 27.1 Å². The molecule has 7 aromatic rings. The summed E-state index contributed by atoms with van der Waals surface area (Å²) in [5.41, 5.74) is 11.7. The maximum absolute atomic E-state index is 6.39. The standard InChI is InChI=1S/C48H34N2O/c1-3-12-30(13-4-1)34-28-41(31-14-5-2-6-15-31)49-42(29-34)47-37-17-8-7-16-35(37)36-24-22-32(27-40(36)47)33-23-25-43-39(26-33)38-18-11-21-46-48(38)50(43)44-19-9-10-20-45(44)51-46/h1-29,35-37,40,47H. The fraction of sp³-hybridized carbons (Fsp3) is 0.104. The number of hydrogen-bond donors (Lipinski definition) is 0. The molecule has 4 aliphatic rings. The van der Waals surface area contributed by atoms with Crippen molar-refractivity contribution in [3.05, 3.63) is 187 Å². The summed E-state index contributed by atoms with van der Waals surface area (Å²) >= 11 is 0. The summed E-state index contributed by atoms with van der Waals surface area (Å²) in [6, 6.07) is 47.7. The van der Waals surface area contributed by atoms with Gasteiger partial charge in [0.2, 0.25) is 0 Å². The number of hydrogen-bond acceptors (Lipinski definition) is 2. The molecular weight excluding hydrogens is 621 g/mol. The second-order valence-corrected chi connectivity index (χ2v) is 14.3. The minimum absolute atomic E-state index is 0.239. The van der Waals surface area contributed by atoms with E-state index in [2.05, 4.69) is 174 Å². The van der Waals surface area contributed by atoms with E-state index in [0.717, 1.165) is 34.0 Å². The Morgan fingerprint density at radius 2 is 1.27 bits per heavy atom. The van der Waals surface area contributed by atoms with Crippen LogP contribution in [-0.2, 0) is 0 Å². The van der Waals surface area contributed by atoms with Crippen LogP contribution >= 0.6 is 0 Å². The third-order valence-corrected chi connectivity index (χ3v) is 11.6. The van der Waals surface area contributed by atoms with Crippen molar-refractivity contribution in [3.8, 4) is 39.6 Å². The lowest BCUT2D eigenvalue weighted by Gasteiger charge is -2.26. The lowest BCUT2D eigenvalue weighted by molar-refractivity contribution is 0.462. The molecule has 242 valence electrons. The van der Waals surface area contributed by atoms with Gasteiger partial charge in [0.05, 0.1) is 22.4 Å². The van der Waals surface area contributed by atoms with Crippen molar-refractivity contribution in [2.75, 3.05) is 0 Å². The quantitative estimate of drug-likeness (QED) is 0.189. The molecule has 0 saturated heterocycles. The Morgan fingerprint density at radius 1 is 0.529 bits per heavy atom. The molecule has 0 radical (unpaired) electrons. The van der Waals surface area contributed by atoms with Crippen LogP contribution < -0.4 is 4.74 Å². The second kappa shape index (κ2) is 11.2. The van der Waals surface area contributed by atoms with Gasteiger partial charge in [-0.1, -0.05) is 134 Å². The van der Waals surface area contributed by atoms with Crippen LogP contribution in [0.5, 0.6) is 11.5 Å². The van der Waals surface area contributed by atoms with Crippen LogP contribution in [0.1, 0.15) is 17.2 Å². The van der Waals surface area contributed by atoms with Crippen LogP contribution in [0.4, 0.5) is 0 Å². The molecule has 1 saturated carbocycles. The molecular formula is C48H34N2O. The molecule has 51 heavy (non-hydrogen) atoms. The first-order valence-electron chi connectivity index (χ1n) is 18.0. The highest BCUT2D eigenvalue weighted by molar-refractivity contribution is 6.13. The summed E-state index contributed by atoms with van der Waals surface area (Å²) in [6.45, 7) is 0. The van der Waals surface area contributed by atoms with E-state index in [-0.39, 0.29) is 5.92 Å². The highest BCUT2D eigenvalue weighted by Crippen LogP contribution is 2.57. The van der Waals surface area contributed by atoms with Gasteiger partial charge in [-0.3, -0.25) is 4.98 Å². The van der Waals surface area contributed by atoms with Crippen molar-refractivity contribution in [2.24, 2.45) is 23.7 Å². The zero-order valence-corrected chi connectivity index (χ0v) is 27.9. The fourth-order valence-corrected chi connectivity index (χ4v) is 9.35. The molecule has 0 N–H and O–H groups in total. The molecule has 3 heterocycles. The molecule has 11 rings (SSSR count). The largest absolute Gasteiger partial charge is 0.453 e. The molecule has 5 aromatic carbocycles. The summed E-state index contributed by atoms with van der Waals surface area (Å²) < 4.78 is 8.76. The number of para-hydroxylation sites is 3. The number of allylic oxidation sites excluding steroid dienone is 8. The number of rotatable bonds is 4. The lowest BCUT2D eigenvalue weighted by Crippen LogP contribution is -2.17. The van der Waals surface area contributed by atoms with Gasteiger partial charge in [-0.2, -0.15) is 0 Å². The van der Waals surface area contributed by atoms with Crippen molar-refractivity contribution >= 4 is 27.4 Å². The number of ether oxygens (including phenoxy) is 1. The summed E-state index contributed by atoms with van der Waals surface area (Å²) in [6.07, 6.45) is 16.8. The number of fused-ring (bicyclic) bond motifs is 8. The molecule has 3 nitrogen and oxygen atoms in total. The van der Waals surface area contributed by atoms with E-state index in [1.54, 1.807) is 0 Å². The van der Waals surface area contributed by atoms with Crippen LogP contribution in [0.2, 0.25) is 0 Å². The van der Waals surface area contributed by atoms with Crippen molar-refractivity contribution in [2.45, 2.75) is 5.92 Å². The first-order chi connectivity index (χ1) is 25.3. The first kappa shape index (κ1) is 28.6. The maximum Gasteiger partial charge on any atom is 0.152 e. The Hall–Kier alpha value is -6.19. The van der Waals surface area contributed by atoms with Gasteiger partial charge in [0.15, 0.2) is 11.5 Å². The molecule has 1 fully saturated rings. The zero-order chi connectivity index (χ0) is 33.5. The second-order valence-electron chi connectivity index (χ2n) is 14.3. The highest BCUT2D eigenvalue weighted by Gasteiger charge is 2.49. The Labute approximate surface area is 297 Å². The molecule has 0 bridgehead atoms. The number of benzene rings is 5. The number of pyridine rings is 1. The molecule has 0 amide bonds. The fourth-order valence-electron chi connectivity index (χ4n) is 9.35. The van der Waals surface area contributed by atoms with Crippen LogP contribution in [0, 0.1) is 23.7 Å². The van der Waals surface area contributed by atoms with Gasteiger partial charge in [0.25, 0.3) is 0 Å². The van der Waals surface area contributed by atoms with Gasteiger partial charge in [0.1, 0.15) is 0 Å². The van der Waals surface area contributed by atoms with Gasteiger partial charge in [-0.15, -0.1) is 0 Å². The third kappa shape index (κ3) is 4.41. The molecule has 3 heteroatoms. The van der Waals surface area contributed by atoms with Crippen molar-refractivity contribution in [3.63, 3.8) is 0 Å². The van der Waals surface area contributed by atoms with Gasteiger partial charge < -0.3 is 9.30 Å². The van der Waals surface area contributed by atoms with E-state index in [1.807, 2.05) is 6.07 Å². The Balaban J connectivity index is 1.06. The van der Waals surface area contributed by atoms with E-state index in [4.69, 9.17) is 9.72 Å². The molecule has 5 atom stereocenters. The monoisotopic (exact) mass is 654 g/mol. The summed E-state index contributed by atoms with van der Waals surface area (Å²) in [5.74, 6) is 3.54. The maximum atomic E-state index is 6.39. The average molecular weight is 655 g/mol. The van der Waals surface area contributed by atoms with Gasteiger partial charge in [-0.05, 0) is 88.4 Å². The van der Waals surface area contributed by atoms with Crippen molar-refractivity contribution in [1.29, 1.82) is 0 Å². The minimum atomic E-state index is 0.239. The smallest absolute Gasteiger partial charge is 0.152 e. The number of aromatic nitrogens is 2. The Morgan fingerprint density at radius 3 is 2.14 bits per heavy atom. The lowest BCUT2D eigenvalue weighted by atomic mass is 9.79. The predicted octanol–water partition coefficient (Wildman–Crippen LogP) is 12.0. The minimum Gasteiger partial charge on any atom is -0.453 e. The Kier molecular flexibility index (Phi) is 6.27. The van der Waals surface area contributed by atoms with Crippen LogP contribution in [0.25, 0.3) is 55.5 Å². The van der Waals surface area contributed by atoms with Gasteiger partial charge in [-0.25, -0.2) is 0 Å².